The highest BCUT2D eigenvalue weighted by Crippen LogP contribution is 2.20. The molecule has 138 valence electrons. The van der Waals surface area contributed by atoms with E-state index in [1.54, 1.807) is 25.1 Å². The Bertz CT molecular complexity index is 972. The number of aryl methyl sites for hydroxylation is 1. The van der Waals surface area contributed by atoms with E-state index >= 15 is 0 Å². The number of hydrogen-bond acceptors (Lipinski definition) is 6. The topological polar surface area (TPSA) is 94.3 Å². The van der Waals surface area contributed by atoms with Crippen LogP contribution in [0.25, 0.3) is 5.69 Å². The number of halogens is 1. The van der Waals surface area contributed by atoms with Gasteiger partial charge in [-0.05, 0) is 65.7 Å². The van der Waals surface area contributed by atoms with Crippen molar-refractivity contribution in [3.05, 3.63) is 64.9 Å². The van der Waals surface area contributed by atoms with Crippen molar-refractivity contribution in [1.29, 1.82) is 0 Å². The van der Waals surface area contributed by atoms with Gasteiger partial charge in [-0.2, -0.15) is 5.10 Å². The summed E-state index contributed by atoms with van der Waals surface area (Å²) >= 11 is 5.96. The van der Waals surface area contributed by atoms with Crippen LogP contribution < -0.4 is 10.2 Å². The van der Waals surface area contributed by atoms with E-state index in [0.29, 0.717) is 16.5 Å². The fourth-order valence-electron chi connectivity index (χ4n) is 2.25. The maximum atomic E-state index is 12.0. The fourth-order valence-corrected chi connectivity index (χ4v) is 2.37. The van der Waals surface area contributed by atoms with Crippen LogP contribution in [-0.4, -0.2) is 38.4 Å². The van der Waals surface area contributed by atoms with Crippen molar-refractivity contribution in [2.45, 2.75) is 13.8 Å². The second kappa shape index (κ2) is 8.41. The van der Waals surface area contributed by atoms with E-state index in [-0.39, 0.29) is 12.5 Å². The Morgan fingerprint density at radius 1 is 1.30 bits per heavy atom. The summed E-state index contributed by atoms with van der Waals surface area (Å²) in [6.45, 7) is 3.51. The summed E-state index contributed by atoms with van der Waals surface area (Å²) in [5.41, 5.74) is 5.62. The third-order valence-electron chi connectivity index (χ3n) is 3.73. The molecule has 1 amide bonds. The number of nitrogens with one attached hydrogen (secondary N) is 1. The highest BCUT2D eigenvalue weighted by atomic mass is 35.5. The molecule has 0 atom stereocenters. The first-order valence-corrected chi connectivity index (χ1v) is 8.46. The van der Waals surface area contributed by atoms with Gasteiger partial charge in [-0.15, -0.1) is 5.10 Å². The van der Waals surface area contributed by atoms with Crippen molar-refractivity contribution in [1.82, 2.24) is 25.6 Å². The van der Waals surface area contributed by atoms with Gasteiger partial charge in [-0.1, -0.05) is 23.7 Å². The van der Waals surface area contributed by atoms with Crippen molar-refractivity contribution < 1.29 is 9.53 Å². The summed E-state index contributed by atoms with van der Waals surface area (Å²) in [5, 5.41) is 15.8. The Morgan fingerprint density at radius 3 is 2.89 bits per heavy atom. The average molecular weight is 385 g/mol. The van der Waals surface area contributed by atoms with Gasteiger partial charge >= 0.3 is 0 Å². The summed E-state index contributed by atoms with van der Waals surface area (Å²) in [4.78, 5) is 12.0. The van der Waals surface area contributed by atoms with E-state index in [1.807, 2.05) is 31.2 Å². The number of benzene rings is 2. The lowest BCUT2D eigenvalue weighted by Crippen LogP contribution is -2.25. The standard InChI is InChI=1S/C18H17ClN6O2/c1-12-8-16(6-7-17(12)19)27-10-18(26)22-21-13(2)14-4-3-5-15(9-14)25-11-20-23-24-25/h3-9,11H,10H2,1-2H3,(H,22,26)/b21-13+. The quantitative estimate of drug-likeness (QED) is 0.520. The third kappa shape index (κ3) is 4.89. The number of nitrogens with zero attached hydrogens (tertiary/aromatic N) is 5. The third-order valence-corrected chi connectivity index (χ3v) is 4.15. The number of hydrazone groups is 1. The van der Waals surface area contributed by atoms with Gasteiger partial charge < -0.3 is 4.74 Å². The predicted octanol–water partition coefficient (Wildman–Crippen LogP) is 2.54. The largest absolute Gasteiger partial charge is 0.484 e. The minimum absolute atomic E-state index is 0.150. The van der Waals surface area contributed by atoms with Crippen LogP contribution >= 0.6 is 11.6 Å². The van der Waals surface area contributed by atoms with Crippen molar-refractivity contribution in [2.24, 2.45) is 5.10 Å². The van der Waals surface area contributed by atoms with Crippen molar-refractivity contribution in [2.75, 3.05) is 6.61 Å². The van der Waals surface area contributed by atoms with E-state index in [0.717, 1.165) is 16.8 Å². The average Bonchev–Trinajstić information content (AvgIpc) is 3.22. The monoisotopic (exact) mass is 384 g/mol. The lowest BCUT2D eigenvalue weighted by Gasteiger charge is -2.08. The first-order valence-electron chi connectivity index (χ1n) is 8.09. The molecule has 27 heavy (non-hydrogen) atoms. The normalized spacial score (nSPS) is 11.3. The highest BCUT2D eigenvalue weighted by molar-refractivity contribution is 6.31. The predicted molar refractivity (Wildman–Crippen MR) is 101 cm³/mol. The summed E-state index contributed by atoms with van der Waals surface area (Å²) in [6.07, 6.45) is 1.50. The number of tetrazole rings is 1. The van der Waals surface area contributed by atoms with E-state index in [2.05, 4.69) is 26.1 Å². The lowest BCUT2D eigenvalue weighted by atomic mass is 10.1. The second-order valence-electron chi connectivity index (χ2n) is 5.74. The maximum absolute atomic E-state index is 12.0. The zero-order chi connectivity index (χ0) is 19.2. The van der Waals surface area contributed by atoms with E-state index in [1.165, 1.54) is 11.0 Å². The van der Waals surface area contributed by atoms with Crippen molar-refractivity contribution in [3.63, 3.8) is 0 Å². The molecule has 0 aliphatic rings. The molecule has 0 bridgehead atoms. The van der Waals surface area contributed by atoms with Gasteiger partial charge in [-0.25, -0.2) is 10.1 Å². The summed E-state index contributed by atoms with van der Waals surface area (Å²) in [5.74, 6) is 0.209. The van der Waals surface area contributed by atoms with E-state index in [4.69, 9.17) is 16.3 Å². The number of amides is 1. The molecule has 0 spiro atoms. The molecule has 8 nitrogen and oxygen atoms in total. The first kappa shape index (κ1) is 18.5. The second-order valence-corrected chi connectivity index (χ2v) is 6.14. The summed E-state index contributed by atoms with van der Waals surface area (Å²) in [6, 6.07) is 12.7. The van der Waals surface area contributed by atoms with Gasteiger partial charge in [0.1, 0.15) is 12.1 Å². The number of carbonyl (C=O) groups excluding carboxylic acids is 1. The molecule has 1 heterocycles. The minimum Gasteiger partial charge on any atom is -0.484 e. The van der Waals surface area contributed by atoms with Gasteiger partial charge in [0.15, 0.2) is 6.61 Å². The Hall–Kier alpha value is -3.26. The molecule has 0 saturated carbocycles. The van der Waals surface area contributed by atoms with Crippen molar-refractivity contribution >= 4 is 23.2 Å². The molecule has 3 aromatic rings. The zero-order valence-electron chi connectivity index (χ0n) is 14.8. The zero-order valence-corrected chi connectivity index (χ0v) is 15.5. The lowest BCUT2D eigenvalue weighted by molar-refractivity contribution is -0.123. The number of aromatic nitrogens is 4. The maximum Gasteiger partial charge on any atom is 0.277 e. The minimum atomic E-state index is -0.362. The Balaban J connectivity index is 1.59. The molecule has 0 fully saturated rings. The first-order chi connectivity index (χ1) is 13.0. The van der Waals surface area contributed by atoms with Crippen LogP contribution in [0.1, 0.15) is 18.1 Å². The number of rotatable bonds is 6. The molecule has 1 N–H and O–H groups in total. The van der Waals surface area contributed by atoms with Crippen LogP contribution in [0.2, 0.25) is 5.02 Å². The Morgan fingerprint density at radius 2 is 2.15 bits per heavy atom. The Labute approximate surface area is 160 Å². The molecule has 1 aromatic heterocycles. The molecule has 0 saturated heterocycles. The highest BCUT2D eigenvalue weighted by Gasteiger charge is 2.06. The fraction of sp³-hybridized carbons (Fsp3) is 0.167. The van der Waals surface area contributed by atoms with Gasteiger partial charge in [0, 0.05) is 5.02 Å². The molecule has 0 aliphatic heterocycles. The Kier molecular flexibility index (Phi) is 5.77. The summed E-state index contributed by atoms with van der Waals surface area (Å²) in [7, 11) is 0. The molecular formula is C18H17ClN6O2. The SMILES string of the molecule is C/C(=N\NC(=O)COc1ccc(Cl)c(C)c1)c1cccc(-n2cnnn2)c1. The molecule has 2 aromatic carbocycles. The van der Waals surface area contributed by atoms with E-state index < -0.39 is 0 Å². The van der Waals surface area contributed by atoms with Gasteiger partial charge in [0.05, 0.1) is 11.4 Å². The number of ether oxygens (including phenoxy) is 1. The van der Waals surface area contributed by atoms with Gasteiger partial charge in [0.25, 0.3) is 5.91 Å². The van der Waals surface area contributed by atoms with Crippen LogP contribution in [0, 0.1) is 6.92 Å². The van der Waals surface area contributed by atoms with Crippen LogP contribution in [-0.2, 0) is 4.79 Å². The molecule has 0 unspecified atom stereocenters. The molecule has 0 aliphatic carbocycles. The van der Waals surface area contributed by atoms with Crippen LogP contribution in [0.3, 0.4) is 0 Å². The van der Waals surface area contributed by atoms with Crippen molar-refractivity contribution in [3.8, 4) is 11.4 Å². The van der Waals surface area contributed by atoms with Gasteiger partial charge in [-0.3, -0.25) is 4.79 Å². The molecule has 3 rings (SSSR count). The number of hydrogen-bond donors (Lipinski definition) is 1. The molecular weight excluding hydrogens is 368 g/mol. The van der Waals surface area contributed by atoms with Crippen LogP contribution in [0.4, 0.5) is 0 Å². The van der Waals surface area contributed by atoms with Crippen LogP contribution in [0.5, 0.6) is 5.75 Å². The van der Waals surface area contributed by atoms with E-state index in [9.17, 15) is 4.79 Å². The smallest absolute Gasteiger partial charge is 0.277 e. The van der Waals surface area contributed by atoms with Crippen LogP contribution in [0.15, 0.2) is 53.9 Å². The summed E-state index contributed by atoms with van der Waals surface area (Å²) < 4.78 is 6.98. The molecule has 9 heteroatoms. The molecule has 0 radical (unpaired) electrons. The number of carbonyl (C=O) groups is 1. The van der Waals surface area contributed by atoms with Gasteiger partial charge in [0.2, 0.25) is 0 Å².